The molecule has 0 bridgehead atoms. The highest BCUT2D eigenvalue weighted by atomic mass is 16.3. The summed E-state index contributed by atoms with van der Waals surface area (Å²) in [6.45, 7) is 0. The summed E-state index contributed by atoms with van der Waals surface area (Å²) >= 11 is 0. The molecule has 6 nitrogen and oxygen atoms in total. The van der Waals surface area contributed by atoms with Gasteiger partial charge in [-0.15, -0.1) is 0 Å². The van der Waals surface area contributed by atoms with Crippen LogP contribution >= 0.6 is 0 Å². The minimum Gasteiger partial charge on any atom is -0.463 e. The number of hydrogen-bond donors (Lipinski definition) is 1. The maximum atomic E-state index is 12.7. The van der Waals surface area contributed by atoms with E-state index in [2.05, 4.69) is 15.4 Å². The largest absolute Gasteiger partial charge is 0.463 e. The summed E-state index contributed by atoms with van der Waals surface area (Å²) in [7, 11) is 0. The quantitative estimate of drug-likeness (QED) is 0.618. The smallest absolute Gasteiger partial charge is 0.275 e. The molecule has 6 heteroatoms. The standard InChI is InChI=1S/C19H14N4O2/c24-19(21-18-10-4-5-11-20-18)16-13-15(17-9-6-12-25-17)22-23(16)14-7-2-1-3-8-14/h1-13H,(H,20,21,24). The number of pyridine rings is 1. The average Bonchev–Trinajstić information content (AvgIpc) is 3.33. The molecule has 0 aliphatic heterocycles. The van der Waals surface area contributed by atoms with Crippen LogP contribution in [0.4, 0.5) is 5.82 Å². The van der Waals surface area contributed by atoms with E-state index in [4.69, 9.17) is 4.42 Å². The predicted octanol–water partition coefficient (Wildman–Crippen LogP) is 3.78. The summed E-state index contributed by atoms with van der Waals surface area (Å²) in [6, 6.07) is 20.1. The summed E-state index contributed by atoms with van der Waals surface area (Å²) in [6.07, 6.45) is 3.20. The zero-order valence-electron chi connectivity index (χ0n) is 13.2. The summed E-state index contributed by atoms with van der Waals surface area (Å²) in [5.41, 5.74) is 1.76. The third-order valence-corrected chi connectivity index (χ3v) is 3.62. The van der Waals surface area contributed by atoms with E-state index >= 15 is 0 Å². The number of aromatic nitrogens is 3. The number of furan rings is 1. The lowest BCUT2D eigenvalue weighted by Crippen LogP contribution is -2.17. The zero-order valence-corrected chi connectivity index (χ0v) is 13.2. The Morgan fingerprint density at radius 3 is 2.56 bits per heavy atom. The fourth-order valence-electron chi connectivity index (χ4n) is 2.47. The molecule has 0 atom stereocenters. The lowest BCUT2D eigenvalue weighted by atomic mass is 10.2. The van der Waals surface area contributed by atoms with Crippen LogP contribution in [0.15, 0.2) is 83.6 Å². The van der Waals surface area contributed by atoms with Crippen molar-refractivity contribution in [3.63, 3.8) is 0 Å². The lowest BCUT2D eigenvalue weighted by molar-refractivity contribution is 0.101. The third-order valence-electron chi connectivity index (χ3n) is 3.62. The second kappa shape index (κ2) is 6.45. The van der Waals surface area contributed by atoms with Crippen molar-refractivity contribution in [1.29, 1.82) is 0 Å². The van der Waals surface area contributed by atoms with Gasteiger partial charge in [0.15, 0.2) is 5.76 Å². The Bertz CT molecular complexity index is 977. The van der Waals surface area contributed by atoms with Gasteiger partial charge >= 0.3 is 0 Å². The fraction of sp³-hybridized carbons (Fsp3) is 0. The van der Waals surface area contributed by atoms with Gasteiger partial charge in [-0.1, -0.05) is 24.3 Å². The zero-order chi connectivity index (χ0) is 17.1. The van der Waals surface area contributed by atoms with E-state index in [-0.39, 0.29) is 5.91 Å². The van der Waals surface area contributed by atoms with Crippen LogP contribution in [0, 0.1) is 0 Å². The maximum absolute atomic E-state index is 12.7. The highest BCUT2D eigenvalue weighted by Crippen LogP contribution is 2.22. The average molecular weight is 330 g/mol. The van der Waals surface area contributed by atoms with Crippen molar-refractivity contribution in [3.8, 4) is 17.1 Å². The van der Waals surface area contributed by atoms with Crippen LogP contribution in [0.5, 0.6) is 0 Å². The minimum atomic E-state index is -0.298. The maximum Gasteiger partial charge on any atom is 0.275 e. The van der Waals surface area contributed by atoms with E-state index in [1.54, 1.807) is 47.5 Å². The monoisotopic (exact) mass is 330 g/mol. The Morgan fingerprint density at radius 2 is 1.84 bits per heavy atom. The molecule has 25 heavy (non-hydrogen) atoms. The van der Waals surface area contributed by atoms with Crippen LogP contribution in [0.2, 0.25) is 0 Å². The van der Waals surface area contributed by atoms with Crippen LogP contribution in [0.1, 0.15) is 10.5 Å². The molecule has 0 radical (unpaired) electrons. The van der Waals surface area contributed by atoms with Gasteiger partial charge < -0.3 is 9.73 Å². The van der Waals surface area contributed by atoms with E-state index < -0.39 is 0 Å². The molecule has 1 amide bonds. The number of carbonyl (C=O) groups excluding carboxylic acids is 1. The molecular formula is C19H14N4O2. The fourth-order valence-corrected chi connectivity index (χ4v) is 2.47. The molecule has 0 fully saturated rings. The third kappa shape index (κ3) is 3.05. The van der Waals surface area contributed by atoms with E-state index in [9.17, 15) is 4.79 Å². The van der Waals surface area contributed by atoms with Crippen molar-refractivity contribution in [2.24, 2.45) is 0 Å². The van der Waals surface area contributed by atoms with Gasteiger partial charge in [0.2, 0.25) is 0 Å². The second-order valence-electron chi connectivity index (χ2n) is 5.31. The van der Waals surface area contributed by atoms with Crippen molar-refractivity contribution < 1.29 is 9.21 Å². The number of para-hydroxylation sites is 1. The molecule has 3 heterocycles. The van der Waals surface area contributed by atoms with Crippen molar-refractivity contribution in [2.45, 2.75) is 0 Å². The van der Waals surface area contributed by atoms with Crippen molar-refractivity contribution in [1.82, 2.24) is 14.8 Å². The van der Waals surface area contributed by atoms with E-state index in [0.29, 0.717) is 23.0 Å². The topological polar surface area (TPSA) is 73.0 Å². The first-order chi connectivity index (χ1) is 12.3. The van der Waals surface area contributed by atoms with E-state index in [1.165, 1.54) is 0 Å². The number of benzene rings is 1. The molecule has 1 N–H and O–H groups in total. The van der Waals surface area contributed by atoms with Gasteiger partial charge in [-0.25, -0.2) is 9.67 Å². The number of nitrogens with one attached hydrogen (secondary N) is 1. The Kier molecular flexibility index (Phi) is 3.84. The first-order valence-corrected chi connectivity index (χ1v) is 7.73. The number of nitrogens with zero attached hydrogens (tertiary/aromatic N) is 3. The predicted molar refractivity (Wildman–Crippen MR) is 93.5 cm³/mol. The lowest BCUT2D eigenvalue weighted by Gasteiger charge is -2.07. The van der Waals surface area contributed by atoms with Gasteiger partial charge in [0.25, 0.3) is 5.91 Å². The molecular weight excluding hydrogens is 316 g/mol. The number of anilines is 1. The highest BCUT2D eigenvalue weighted by molar-refractivity contribution is 6.03. The number of carbonyl (C=O) groups is 1. The molecule has 3 aromatic heterocycles. The molecule has 4 aromatic rings. The molecule has 0 aliphatic rings. The Balaban J connectivity index is 1.76. The second-order valence-corrected chi connectivity index (χ2v) is 5.31. The van der Waals surface area contributed by atoms with Gasteiger partial charge in [-0.2, -0.15) is 5.10 Å². The Labute approximate surface area is 143 Å². The van der Waals surface area contributed by atoms with Crippen molar-refractivity contribution in [2.75, 3.05) is 5.32 Å². The highest BCUT2D eigenvalue weighted by Gasteiger charge is 2.19. The SMILES string of the molecule is O=C(Nc1ccccn1)c1cc(-c2ccco2)nn1-c1ccccc1. The summed E-state index contributed by atoms with van der Waals surface area (Å²) in [5.74, 6) is 0.780. The molecule has 0 unspecified atom stereocenters. The van der Waals surface area contributed by atoms with Crippen LogP contribution in [0.25, 0.3) is 17.1 Å². The molecule has 4 rings (SSSR count). The number of rotatable bonds is 4. The van der Waals surface area contributed by atoms with Gasteiger partial charge in [-0.3, -0.25) is 4.79 Å². The molecule has 0 spiro atoms. The van der Waals surface area contributed by atoms with Crippen molar-refractivity contribution >= 4 is 11.7 Å². The van der Waals surface area contributed by atoms with Gasteiger partial charge in [0.05, 0.1) is 12.0 Å². The van der Waals surface area contributed by atoms with Crippen LogP contribution < -0.4 is 5.32 Å². The number of hydrogen-bond acceptors (Lipinski definition) is 4. The Hall–Kier alpha value is -3.67. The van der Waals surface area contributed by atoms with Gasteiger partial charge in [-0.05, 0) is 36.4 Å². The van der Waals surface area contributed by atoms with Crippen LogP contribution in [-0.4, -0.2) is 20.7 Å². The minimum absolute atomic E-state index is 0.298. The number of amides is 1. The molecule has 0 saturated carbocycles. The molecule has 0 aliphatic carbocycles. The normalized spacial score (nSPS) is 10.6. The van der Waals surface area contributed by atoms with Crippen LogP contribution in [0.3, 0.4) is 0 Å². The van der Waals surface area contributed by atoms with Crippen LogP contribution in [-0.2, 0) is 0 Å². The summed E-state index contributed by atoms with van der Waals surface area (Å²) in [4.78, 5) is 16.9. The summed E-state index contributed by atoms with van der Waals surface area (Å²) < 4.78 is 7.00. The van der Waals surface area contributed by atoms with E-state index in [0.717, 1.165) is 5.69 Å². The van der Waals surface area contributed by atoms with Crippen molar-refractivity contribution in [3.05, 3.63) is 84.9 Å². The summed E-state index contributed by atoms with van der Waals surface area (Å²) in [5, 5.41) is 7.31. The van der Waals surface area contributed by atoms with Gasteiger partial charge in [0.1, 0.15) is 17.2 Å². The molecule has 1 aromatic carbocycles. The molecule has 122 valence electrons. The molecule has 0 saturated heterocycles. The van der Waals surface area contributed by atoms with Gasteiger partial charge in [0, 0.05) is 12.3 Å². The first kappa shape index (κ1) is 14.9. The Morgan fingerprint density at radius 1 is 1.00 bits per heavy atom. The van der Waals surface area contributed by atoms with E-state index in [1.807, 2.05) is 36.4 Å². The first-order valence-electron chi connectivity index (χ1n) is 7.73.